The quantitative estimate of drug-likeness (QED) is 0.889. The Morgan fingerprint density at radius 2 is 1.76 bits per heavy atom. The zero-order chi connectivity index (χ0) is 15.6. The summed E-state index contributed by atoms with van der Waals surface area (Å²) < 4.78 is 38.2. The van der Waals surface area contributed by atoms with Crippen LogP contribution in [0.1, 0.15) is 11.4 Å². The van der Waals surface area contributed by atoms with Crippen LogP contribution in [-0.4, -0.2) is 17.0 Å². The number of aryl methyl sites for hydroxylation is 1. The molecule has 1 heterocycles. The summed E-state index contributed by atoms with van der Waals surface area (Å²) in [7, 11) is 1.48. The van der Waals surface area contributed by atoms with Crippen molar-refractivity contribution in [1.29, 1.82) is 0 Å². The van der Waals surface area contributed by atoms with E-state index in [9.17, 15) is 13.2 Å². The third-order valence-corrected chi connectivity index (χ3v) is 2.94. The minimum atomic E-state index is -4.62. The molecule has 2 aromatic rings. The number of alkyl halides is 3. The smallest absolute Gasteiger partial charge is 0.373 e. The predicted octanol–water partition coefficient (Wildman–Crippen LogP) is 4.24. The van der Waals surface area contributed by atoms with Gasteiger partial charge in [-0.1, -0.05) is 17.7 Å². The molecule has 0 spiro atoms. The van der Waals surface area contributed by atoms with E-state index in [0.29, 0.717) is 10.7 Å². The second kappa shape index (κ2) is 5.77. The Morgan fingerprint density at radius 3 is 2.33 bits per heavy atom. The highest BCUT2D eigenvalue weighted by Crippen LogP contribution is 2.30. The highest BCUT2D eigenvalue weighted by Gasteiger charge is 2.35. The molecule has 0 atom stereocenters. The summed E-state index contributed by atoms with van der Waals surface area (Å²) in [5, 5.41) is 5.73. The van der Waals surface area contributed by atoms with Gasteiger partial charge in [-0.25, -0.2) is 9.97 Å². The van der Waals surface area contributed by atoms with Crippen molar-refractivity contribution in [1.82, 2.24) is 9.97 Å². The van der Waals surface area contributed by atoms with Gasteiger partial charge >= 0.3 is 6.18 Å². The monoisotopic (exact) mass is 316 g/mol. The Hall–Kier alpha value is -2.02. The van der Waals surface area contributed by atoms with Crippen molar-refractivity contribution in [3.05, 3.63) is 40.7 Å². The van der Waals surface area contributed by atoms with Crippen LogP contribution >= 0.6 is 11.6 Å². The molecule has 0 bridgehead atoms. The number of nitrogens with zero attached hydrogens (tertiary/aromatic N) is 2. The minimum Gasteiger partial charge on any atom is -0.373 e. The molecule has 112 valence electrons. The van der Waals surface area contributed by atoms with Gasteiger partial charge in [-0.2, -0.15) is 13.2 Å². The van der Waals surface area contributed by atoms with Crippen LogP contribution in [0.5, 0.6) is 0 Å². The Balaban J connectivity index is 2.39. The summed E-state index contributed by atoms with van der Waals surface area (Å²) in [6.45, 7) is 1.86. The third-order valence-electron chi connectivity index (χ3n) is 2.62. The number of hydrogen-bond acceptors (Lipinski definition) is 4. The van der Waals surface area contributed by atoms with Gasteiger partial charge in [0.2, 0.25) is 5.82 Å². The number of hydrogen-bond donors (Lipinski definition) is 2. The number of aromatic nitrogens is 2. The van der Waals surface area contributed by atoms with Crippen molar-refractivity contribution in [2.24, 2.45) is 0 Å². The van der Waals surface area contributed by atoms with Gasteiger partial charge in [-0.15, -0.1) is 0 Å². The Morgan fingerprint density at radius 1 is 1.10 bits per heavy atom. The number of halogens is 4. The van der Waals surface area contributed by atoms with E-state index in [1.54, 1.807) is 18.2 Å². The summed E-state index contributed by atoms with van der Waals surface area (Å²) in [6.07, 6.45) is -4.62. The van der Waals surface area contributed by atoms with Crippen LogP contribution in [-0.2, 0) is 6.18 Å². The maximum Gasteiger partial charge on any atom is 0.451 e. The summed E-state index contributed by atoms with van der Waals surface area (Å²) in [6, 6.07) is 6.53. The molecule has 0 amide bonds. The molecule has 0 aliphatic heterocycles. The summed E-state index contributed by atoms with van der Waals surface area (Å²) in [5.41, 5.74) is 1.41. The molecule has 0 saturated carbocycles. The molecule has 2 N–H and O–H groups in total. The summed E-state index contributed by atoms with van der Waals surface area (Å²) in [4.78, 5) is 6.85. The molecule has 8 heteroatoms. The molecule has 1 aromatic carbocycles. The molecule has 0 fully saturated rings. The van der Waals surface area contributed by atoms with Crippen molar-refractivity contribution < 1.29 is 13.2 Å². The summed E-state index contributed by atoms with van der Waals surface area (Å²) in [5.74, 6) is -1.16. The lowest BCUT2D eigenvalue weighted by Gasteiger charge is -2.12. The van der Waals surface area contributed by atoms with E-state index < -0.39 is 12.0 Å². The molecule has 2 rings (SSSR count). The fraction of sp³-hybridized carbons (Fsp3) is 0.231. The van der Waals surface area contributed by atoms with Crippen LogP contribution in [0.15, 0.2) is 24.3 Å². The van der Waals surface area contributed by atoms with Gasteiger partial charge in [-0.05, 0) is 24.6 Å². The number of rotatable bonds is 3. The Kier molecular flexibility index (Phi) is 4.22. The summed E-state index contributed by atoms with van der Waals surface area (Å²) >= 11 is 6.04. The standard InChI is InChI=1S/C13H12ClF3N4/c1-7-3-4-9(8(14)5-7)19-11-6-10(18-2)20-12(21-11)13(15,16)17/h3-6H,1-2H3,(H2,18,19,20,21). The first kappa shape index (κ1) is 15.4. The Labute approximate surface area is 124 Å². The maximum atomic E-state index is 12.7. The van der Waals surface area contributed by atoms with Crippen LogP contribution in [0.3, 0.4) is 0 Å². The first-order valence-electron chi connectivity index (χ1n) is 5.97. The van der Waals surface area contributed by atoms with Gasteiger partial charge in [0.1, 0.15) is 11.6 Å². The first-order chi connectivity index (χ1) is 9.79. The van der Waals surface area contributed by atoms with Crippen molar-refractivity contribution >= 4 is 28.9 Å². The molecule has 0 unspecified atom stereocenters. The van der Waals surface area contributed by atoms with Crippen LogP contribution in [0.25, 0.3) is 0 Å². The average Bonchev–Trinajstić information content (AvgIpc) is 2.40. The minimum absolute atomic E-state index is 0.00688. The van der Waals surface area contributed by atoms with Gasteiger partial charge in [0.15, 0.2) is 0 Å². The van der Waals surface area contributed by atoms with Gasteiger partial charge in [0, 0.05) is 13.1 Å². The van der Waals surface area contributed by atoms with Gasteiger partial charge < -0.3 is 10.6 Å². The van der Waals surface area contributed by atoms with Crippen molar-refractivity contribution in [3.8, 4) is 0 Å². The first-order valence-corrected chi connectivity index (χ1v) is 6.34. The molecule has 1 aromatic heterocycles. The second-order valence-corrected chi connectivity index (χ2v) is 4.73. The lowest BCUT2D eigenvalue weighted by atomic mass is 10.2. The van der Waals surface area contributed by atoms with Gasteiger partial charge in [0.05, 0.1) is 10.7 Å². The number of anilines is 3. The third kappa shape index (κ3) is 3.75. The fourth-order valence-electron chi connectivity index (χ4n) is 1.63. The van der Waals surface area contributed by atoms with Crippen molar-refractivity contribution in [3.63, 3.8) is 0 Å². The van der Waals surface area contributed by atoms with E-state index in [-0.39, 0.29) is 11.6 Å². The molecule has 21 heavy (non-hydrogen) atoms. The fourth-order valence-corrected chi connectivity index (χ4v) is 1.91. The van der Waals surface area contributed by atoms with Gasteiger partial charge in [0.25, 0.3) is 0 Å². The largest absolute Gasteiger partial charge is 0.451 e. The van der Waals surface area contributed by atoms with Crippen molar-refractivity contribution in [2.45, 2.75) is 13.1 Å². The maximum absolute atomic E-state index is 12.7. The molecule has 4 nitrogen and oxygen atoms in total. The van der Waals surface area contributed by atoms with Crippen LogP contribution in [0.4, 0.5) is 30.5 Å². The lowest BCUT2D eigenvalue weighted by Crippen LogP contribution is -2.13. The normalized spacial score (nSPS) is 11.3. The number of benzene rings is 1. The van der Waals surface area contributed by atoms with E-state index in [4.69, 9.17) is 11.6 Å². The highest BCUT2D eigenvalue weighted by molar-refractivity contribution is 6.33. The van der Waals surface area contributed by atoms with Crippen molar-refractivity contribution in [2.75, 3.05) is 17.7 Å². The molecule has 0 aliphatic rings. The van der Waals surface area contributed by atoms with E-state index in [1.807, 2.05) is 6.92 Å². The average molecular weight is 317 g/mol. The molecular weight excluding hydrogens is 305 g/mol. The predicted molar refractivity (Wildman–Crippen MR) is 76.1 cm³/mol. The zero-order valence-corrected chi connectivity index (χ0v) is 12.0. The van der Waals surface area contributed by atoms with Crippen LogP contribution in [0, 0.1) is 6.92 Å². The van der Waals surface area contributed by atoms with Gasteiger partial charge in [-0.3, -0.25) is 0 Å². The molecular formula is C13H12ClF3N4. The van der Waals surface area contributed by atoms with Crippen LogP contribution in [0.2, 0.25) is 5.02 Å². The van der Waals surface area contributed by atoms with E-state index in [1.165, 1.54) is 13.1 Å². The molecule has 0 radical (unpaired) electrons. The van der Waals surface area contributed by atoms with E-state index >= 15 is 0 Å². The Bertz CT molecular complexity index is 658. The highest BCUT2D eigenvalue weighted by atomic mass is 35.5. The van der Waals surface area contributed by atoms with E-state index in [2.05, 4.69) is 20.6 Å². The molecule has 0 aliphatic carbocycles. The number of nitrogens with one attached hydrogen (secondary N) is 2. The zero-order valence-electron chi connectivity index (χ0n) is 11.2. The van der Waals surface area contributed by atoms with Crippen LogP contribution < -0.4 is 10.6 Å². The lowest BCUT2D eigenvalue weighted by molar-refractivity contribution is -0.144. The second-order valence-electron chi connectivity index (χ2n) is 4.32. The van der Waals surface area contributed by atoms with E-state index in [0.717, 1.165) is 5.56 Å². The molecule has 0 saturated heterocycles. The topological polar surface area (TPSA) is 49.8 Å². The SMILES string of the molecule is CNc1cc(Nc2ccc(C)cc2Cl)nc(C(F)(F)F)n1.